The van der Waals surface area contributed by atoms with Crippen molar-refractivity contribution in [3.8, 4) is 0 Å². The van der Waals surface area contributed by atoms with E-state index in [9.17, 15) is 4.79 Å². The third kappa shape index (κ3) is 2.90. The second kappa shape index (κ2) is 6.00. The second-order valence-corrected chi connectivity index (χ2v) is 4.80. The number of amides is 1. The number of carbonyl (C=O) groups excluding carboxylic acids is 1. The lowest BCUT2D eigenvalue weighted by Gasteiger charge is -2.31. The van der Waals surface area contributed by atoms with Crippen LogP contribution in [-0.4, -0.2) is 45.8 Å². The van der Waals surface area contributed by atoms with Crippen molar-refractivity contribution in [2.75, 3.05) is 19.7 Å². The number of nitrogens with zero attached hydrogens (tertiary/aromatic N) is 2. The molecule has 1 aromatic heterocycles. The Kier molecular flexibility index (Phi) is 4.36. The van der Waals surface area contributed by atoms with Crippen molar-refractivity contribution in [1.82, 2.24) is 15.1 Å². The molecule has 1 amide bonds. The minimum atomic E-state index is 0.144. The Bertz CT molecular complexity index is 395. The van der Waals surface area contributed by atoms with Gasteiger partial charge in [-0.3, -0.25) is 9.89 Å². The zero-order valence-corrected chi connectivity index (χ0v) is 10.9. The number of piperidine rings is 1. The van der Waals surface area contributed by atoms with Gasteiger partial charge >= 0.3 is 0 Å². The van der Waals surface area contributed by atoms with E-state index in [0.29, 0.717) is 18.8 Å². The number of aromatic nitrogens is 2. The number of rotatable bonds is 4. The van der Waals surface area contributed by atoms with Gasteiger partial charge < -0.3 is 10.0 Å². The Labute approximate surface area is 107 Å². The summed E-state index contributed by atoms with van der Waals surface area (Å²) in [6.45, 7) is 3.72. The second-order valence-electron chi connectivity index (χ2n) is 4.80. The van der Waals surface area contributed by atoms with Crippen LogP contribution in [-0.2, 0) is 11.2 Å². The first kappa shape index (κ1) is 13.1. The first-order chi connectivity index (χ1) is 8.74. The topological polar surface area (TPSA) is 69.2 Å². The van der Waals surface area contributed by atoms with Gasteiger partial charge in [-0.15, -0.1) is 0 Å². The van der Waals surface area contributed by atoms with Crippen LogP contribution in [0.3, 0.4) is 0 Å². The highest BCUT2D eigenvalue weighted by molar-refractivity contribution is 5.75. The predicted octanol–water partition coefficient (Wildman–Crippen LogP) is 1.06. The predicted molar refractivity (Wildman–Crippen MR) is 68.2 cm³/mol. The Balaban J connectivity index is 1.90. The summed E-state index contributed by atoms with van der Waals surface area (Å²) in [7, 11) is 0. The third-order valence-corrected chi connectivity index (χ3v) is 3.60. The molecular weight excluding hydrogens is 230 g/mol. The maximum atomic E-state index is 11.6. The summed E-state index contributed by atoms with van der Waals surface area (Å²) in [6, 6.07) is 2.04. The Morgan fingerprint density at radius 1 is 1.56 bits per heavy atom. The number of aromatic amines is 1. The van der Waals surface area contributed by atoms with Crippen LogP contribution in [0.2, 0.25) is 0 Å². The van der Waals surface area contributed by atoms with E-state index in [1.54, 1.807) is 0 Å². The summed E-state index contributed by atoms with van der Waals surface area (Å²) in [5.74, 6) is 0.686. The fourth-order valence-corrected chi connectivity index (χ4v) is 2.49. The fraction of sp³-hybridized carbons (Fsp3) is 0.692. The number of aliphatic hydroxyl groups excluding tert-OH is 1. The molecule has 2 heterocycles. The van der Waals surface area contributed by atoms with Gasteiger partial charge in [0.05, 0.1) is 5.69 Å². The molecule has 0 bridgehead atoms. The van der Waals surface area contributed by atoms with Crippen LogP contribution in [0.4, 0.5) is 0 Å². The lowest BCUT2D eigenvalue weighted by atomic mass is 9.93. The monoisotopic (exact) mass is 251 g/mol. The molecule has 1 aromatic rings. The molecule has 0 aromatic carbocycles. The highest BCUT2D eigenvalue weighted by Crippen LogP contribution is 2.27. The Morgan fingerprint density at radius 3 is 2.89 bits per heavy atom. The highest BCUT2D eigenvalue weighted by atomic mass is 16.3. The van der Waals surface area contributed by atoms with E-state index in [2.05, 4.69) is 10.2 Å². The first-order valence-corrected chi connectivity index (χ1v) is 6.67. The van der Waals surface area contributed by atoms with Gasteiger partial charge in [0.15, 0.2) is 0 Å². The zero-order chi connectivity index (χ0) is 13.0. The van der Waals surface area contributed by atoms with Crippen LogP contribution in [0.5, 0.6) is 0 Å². The number of likely N-dealkylation sites (tertiary alicyclic amines) is 1. The number of aliphatic hydroxyl groups is 1. The van der Waals surface area contributed by atoms with Gasteiger partial charge in [0.2, 0.25) is 5.91 Å². The SMILES string of the molecule is CCC(=O)N1CCC(c2cc(CCO)[nH]n2)CC1. The van der Waals surface area contributed by atoms with Crippen molar-refractivity contribution >= 4 is 5.91 Å². The van der Waals surface area contributed by atoms with Gasteiger partial charge in [-0.05, 0) is 18.9 Å². The normalized spacial score (nSPS) is 17.1. The largest absolute Gasteiger partial charge is 0.396 e. The molecule has 18 heavy (non-hydrogen) atoms. The summed E-state index contributed by atoms with van der Waals surface area (Å²) < 4.78 is 0. The molecule has 5 heteroatoms. The average Bonchev–Trinajstić information content (AvgIpc) is 2.87. The van der Waals surface area contributed by atoms with Crippen LogP contribution in [0.25, 0.3) is 0 Å². The van der Waals surface area contributed by atoms with E-state index in [0.717, 1.165) is 37.3 Å². The van der Waals surface area contributed by atoms with E-state index in [4.69, 9.17) is 5.11 Å². The van der Waals surface area contributed by atoms with Crippen LogP contribution >= 0.6 is 0 Å². The first-order valence-electron chi connectivity index (χ1n) is 6.67. The van der Waals surface area contributed by atoms with Crippen LogP contribution in [0.15, 0.2) is 6.07 Å². The van der Waals surface area contributed by atoms with Gasteiger partial charge in [-0.2, -0.15) is 5.10 Å². The summed E-state index contributed by atoms with van der Waals surface area (Å²) in [6.07, 6.45) is 3.18. The van der Waals surface area contributed by atoms with Crippen LogP contribution in [0, 0.1) is 0 Å². The highest BCUT2D eigenvalue weighted by Gasteiger charge is 2.24. The molecular formula is C13H21N3O2. The molecule has 0 spiro atoms. The Morgan fingerprint density at radius 2 is 2.28 bits per heavy atom. The van der Waals surface area contributed by atoms with E-state index < -0.39 is 0 Å². The molecule has 2 N–H and O–H groups in total. The maximum absolute atomic E-state index is 11.6. The van der Waals surface area contributed by atoms with Gasteiger partial charge in [0.25, 0.3) is 0 Å². The van der Waals surface area contributed by atoms with Crippen LogP contribution in [0.1, 0.15) is 43.5 Å². The van der Waals surface area contributed by atoms with E-state index >= 15 is 0 Å². The van der Waals surface area contributed by atoms with Crippen molar-refractivity contribution in [3.63, 3.8) is 0 Å². The third-order valence-electron chi connectivity index (χ3n) is 3.60. The smallest absolute Gasteiger partial charge is 0.222 e. The standard InChI is InChI=1S/C13H21N3O2/c1-2-13(18)16-6-3-10(4-7-16)12-9-11(5-8-17)14-15-12/h9-10,17H,2-8H2,1H3,(H,14,15). The number of carbonyl (C=O) groups is 1. The van der Waals surface area contributed by atoms with Crippen LogP contribution < -0.4 is 0 Å². The number of hydrogen-bond donors (Lipinski definition) is 2. The molecule has 1 fully saturated rings. The van der Waals surface area contributed by atoms with E-state index in [1.807, 2.05) is 17.9 Å². The van der Waals surface area contributed by atoms with Gasteiger partial charge in [-0.1, -0.05) is 6.92 Å². The minimum Gasteiger partial charge on any atom is -0.396 e. The molecule has 5 nitrogen and oxygen atoms in total. The zero-order valence-electron chi connectivity index (χ0n) is 10.9. The lowest BCUT2D eigenvalue weighted by molar-refractivity contribution is -0.131. The van der Waals surface area contributed by atoms with E-state index in [1.165, 1.54) is 0 Å². The molecule has 100 valence electrons. The molecule has 1 saturated heterocycles. The molecule has 0 unspecified atom stereocenters. The van der Waals surface area contributed by atoms with Crippen molar-refractivity contribution in [2.24, 2.45) is 0 Å². The molecule has 0 radical (unpaired) electrons. The minimum absolute atomic E-state index is 0.144. The number of nitrogens with one attached hydrogen (secondary N) is 1. The summed E-state index contributed by atoms with van der Waals surface area (Å²) in [4.78, 5) is 13.5. The van der Waals surface area contributed by atoms with Crippen molar-refractivity contribution in [1.29, 1.82) is 0 Å². The van der Waals surface area contributed by atoms with Gasteiger partial charge in [0.1, 0.15) is 0 Å². The van der Waals surface area contributed by atoms with Crippen molar-refractivity contribution in [3.05, 3.63) is 17.5 Å². The molecule has 0 saturated carbocycles. The quantitative estimate of drug-likeness (QED) is 0.840. The number of H-pyrrole nitrogens is 1. The van der Waals surface area contributed by atoms with Crippen molar-refractivity contribution < 1.29 is 9.90 Å². The summed E-state index contributed by atoms with van der Waals surface area (Å²) >= 11 is 0. The fourth-order valence-electron chi connectivity index (χ4n) is 2.49. The van der Waals surface area contributed by atoms with E-state index in [-0.39, 0.29) is 12.5 Å². The molecule has 0 atom stereocenters. The van der Waals surface area contributed by atoms with Gasteiger partial charge in [-0.25, -0.2) is 0 Å². The van der Waals surface area contributed by atoms with Crippen molar-refractivity contribution in [2.45, 2.75) is 38.5 Å². The summed E-state index contributed by atoms with van der Waals surface area (Å²) in [5.41, 5.74) is 2.06. The molecule has 1 aliphatic heterocycles. The number of hydrogen-bond acceptors (Lipinski definition) is 3. The average molecular weight is 251 g/mol. The maximum Gasteiger partial charge on any atom is 0.222 e. The molecule has 2 rings (SSSR count). The van der Waals surface area contributed by atoms with Gasteiger partial charge in [0, 0.05) is 44.1 Å². The molecule has 1 aliphatic rings. The lowest BCUT2D eigenvalue weighted by Crippen LogP contribution is -2.37. The summed E-state index contributed by atoms with van der Waals surface area (Å²) in [5, 5.41) is 16.1. The molecule has 0 aliphatic carbocycles. The Hall–Kier alpha value is -1.36.